The van der Waals surface area contributed by atoms with Gasteiger partial charge in [0.2, 0.25) is 5.89 Å². The first-order chi connectivity index (χ1) is 16.2. The van der Waals surface area contributed by atoms with E-state index in [1.807, 2.05) is 33.0 Å². The predicted molar refractivity (Wildman–Crippen MR) is 131 cm³/mol. The summed E-state index contributed by atoms with van der Waals surface area (Å²) < 4.78 is 30.8. The highest BCUT2D eigenvalue weighted by atomic mass is 32.2. The molecule has 4 rings (SSSR count). The summed E-state index contributed by atoms with van der Waals surface area (Å²) in [5.41, 5.74) is 5.54. The van der Waals surface area contributed by atoms with Crippen molar-refractivity contribution in [1.82, 2.24) is 25.5 Å². The van der Waals surface area contributed by atoms with Crippen LogP contribution in [0.4, 0.5) is 0 Å². The van der Waals surface area contributed by atoms with E-state index in [9.17, 15) is 8.42 Å². The molecule has 2 heterocycles. The maximum absolute atomic E-state index is 12.4. The number of hydrogen-bond donors (Lipinski definition) is 1. The molecule has 34 heavy (non-hydrogen) atoms. The Kier molecular flexibility index (Phi) is 6.58. The molecule has 0 bridgehead atoms. The average molecular weight is 478 g/mol. The number of benzene rings is 2. The first-order valence-electron chi connectivity index (χ1n) is 11.0. The molecular formula is C25H27N5O3S. The fourth-order valence-corrected chi connectivity index (χ4v) is 4.65. The second-order valence-electron chi connectivity index (χ2n) is 8.40. The number of sulfone groups is 1. The Hall–Kier alpha value is -3.43. The summed E-state index contributed by atoms with van der Waals surface area (Å²) in [7, 11) is -1.43. The van der Waals surface area contributed by atoms with Gasteiger partial charge in [0.15, 0.2) is 9.84 Å². The lowest BCUT2D eigenvalue weighted by Gasteiger charge is -2.09. The van der Waals surface area contributed by atoms with Gasteiger partial charge in [0.05, 0.1) is 27.7 Å². The summed E-state index contributed by atoms with van der Waals surface area (Å²) in [6.45, 7) is 7.94. The Morgan fingerprint density at radius 2 is 1.71 bits per heavy atom. The van der Waals surface area contributed by atoms with Gasteiger partial charge in [0.25, 0.3) is 5.89 Å². The van der Waals surface area contributed by atoms with Crippen LogP contribution in [0.2, 0.25) is 0 Å². The van der Waals surface area contributed by atoms with Gasteiger partial charge in [-0.2, -0.15) is 0 Å². The van der Waals surface area contributed by atoms with Crippen molar-refractivity contribution in [3.63, 3.8) is 0 Å². The first-order valence-corrected chi connectivity index (χ1v) is 12.5. The van der Waals surface area contributed by atoms with E-state index in [-0.39, 0.29) is 10.8 Å². The molecule has 0 saturated carbocycles. The predicted octanol–water partition coefficient (Wildman–Crippen LogP) is 4.38. The smallest absolute Gasteiger partial charge is 0.268 e. The highest BCUT2D eigenvalue weighted by Crippen LogP contribution is 2.29. The lowest BCUT2D eigenvalue weighted by Crippen LogP contribution is -2.13. The molecular weight excluding hydrogens is 450 g/mol. The molecule has 0 amide bonds. The molecule has 0 aliphatic rings. The molecule has 0 radical (unpaired) electrons. The molecule has 0 unspecified atom stereocenters. The Balaban J connectivity index is 1.66. The summed E-state index contributed by atoms with van der Waals surface area (Å²) in [5, 5.41) is 11.1. The SMILES string of the molecule is CNCc1ccc(-c2nnc(-c3nc(-c4ccc(S(=O)(=O)C(C)C)cc4)cnc3C)o2)c(C)c1. The van der Waals surface area contributed by atoms with Crippen molar-refractivity contribution < 1.29 is 12.8 Å². The van der Waals surface area contributed by atoms with Crippen LogP contribution in [0, 0.1) is 13.8 Å². The summed E-state index contributed by atoms with van der Waals surface area (Å²) in [4.78, 5) is 9.42. The van der Waals surface area contributed by atoms with Gasteiger partial charge in [-0.25, -0.2) is 13.4 Å². The summed E-state index contributed by atoms with van der Waals surface area (Å²) in [6, 6.07) is 12.7. The Morgan fingerprint density at radius 3 is 2.35 bits per heavy atom. The van der Waals surface area contributed by atoms with Crippen LogP contribution >= 0.6 is 0 Å². The van der Waals surface area contributed by atoms with Gasteiger partial charge in [-0.15, -0.1) is 10.2 Å². The van der Waals surface area contributed by atoms with E-state index in [4.69, 9.17) is 9.40 Å². The number of aromatic nitrogens is 4. The van der Waals surface area contributed by atoms with Crippen molar-refractivity contribution in [3.8, 4) is 34.3 Å². The van der Waals surface area contributed by atoms with E-state index in [1.54, 1.807) is 44.3 Å². The number of aryl methyl sites for hydroxylation is 2. The standard InChI is InChI=1S/C25H27N5O3S/c1-15(2)34(31,32)20-9-7-19(8-10-20)22-14-27-17(4)23(28-22)25-30-29-24(33-25)21-11-6-18(13-26-5)12-16(21)3/h6-12,14-15,26H,13H2,1-5H3. The quantitative estimate of drug-likeness (QED) is 0.417. The Bertz CT molecular complexity index is 1430. The van der Waals surface area contributed by atoms with Crippen LogP contribution in [0.1, 0.15) is 30.7 Å². The molecule has 2 aromatic heterocycles. The fourth-order valence-electron chi connectivity index (χ4n) is 3.59. The molecule has 0 saturated heterocycles. The van der Waals surface area contributed by atoms with Gasteiger partial charge < -0.3 is 9.73 Å². The zero-order chi connectivity index (χ0) is 24.5. The molecule has 2 aromatic carbocycles. The molecule has 1 N–H and O–H groups in total. The number of hydrogen-bond acceptors (Lipinski definition) is 8. The van der Waals surface area contributed by atoms with Crippen LogP contribution in [-0.4, -0.2) is 40.9 Å². The van der Waals surface area contributed by atoms with E-state index in [0.717, 1.165) is 23.2 Å². The summed E-state index contributed by atoms with van der Waals surface area (Å²) >= 11 is 0. The van der Waals surface area contributed by atoms with Gasteiger partial charge in [0.1, 0.15) is 5.69 Å². The lowest BCUT2D eigenvalue weighted by molar-refractivity contribution is 0.580. The van der Waals surface area contributed by atoms with Gasteiger partial charge in [-0.05, 0) is 64.1 Å². The minimum absolute atomic E-state index is 0.277. The third kappa shape index (κ3) is 4.62. The normalized spacial score (nSPS) is 11.8. The van der Waals surface area contributed by atoms with Crippen molar-refractivity contribution in [2.24, 2.45) is 0 Å². The molecule has 0 spiro atoms. The zero-order valence-corrected chi connectivity index (χ0v) is 20.6. The fraction of sp³-hybridized carbons (Fsp3) is 0.280. The second-order valence-corrected chi connectivity index (χ2v) is 10.9. The van der Waals surface area contributed by atoms with E-state index in [1.165, 1.54) is 5.56 Å². The van der Waals surface area contributed by atoms with Crippen molar-refractivity contribution in [2.75, 3.05) is 7.05 Å². The molecule has 8 nitrogen and oxygen atoms in total. The summed E-state index contributed by atoms with van der Waals surface area (Å²) in [5.74, 6) is 0.693. The van der Waals surface area contributed by atoms with Crippen molar-refractivity contribution in [1.29, 1.82) is 0 Å². The lowest BCUT2D eigenvalue weighted by atomic mass is 10.1. The van der Waals surface area contributed by atoms with Gasteiger partial charge >= 0.3 is 0 Å². The Morgan fingerprint density at radius 1 is 1.00 bits per heavy atom. The highest BCUT2D eigenvalue weighted by Gasteiger charge is 2.20. The van der Waals surface area contributed by atoms with Crippen LogP contribution in [0.3, 0.4) is 0 Å². The van der Waals surface area contributed by atoms with Crippen LogP contribution in [-0.2, 0) is 16.4 Å². The van der Waals surface area contributed by atoms with E-state index >= 15 is 0 Å². The molecule has 0 aliphatic carbocycles. The number of rotatable bonds is 7. The largest absolute Gasteiger partial charge is 0.415 e. The van der Waals surface area contributed by atoms with Gasteiger partial charge in [0, 0.05) is 17.7 Å². The maximum atomic E-state index is 12.4. The number of nitrogens with zero attached hydrogens (tertiary/aromatic N) is 4. The van der Waals surface area contributed by atoms with E-state index in [0.29, 0.717) is 23.0 Å². The van der Waals surface area contributed by atoms with Crippen molar-refractivity contribution in [2.45, 2.75) is 44.4 Å². The molecule has 4 aromatic rings. The van der Waals surface area contributed by atoms with Crippen molar-refractivity contribution in [3.05, 3.63) is 65.5 Å². The monoisotopic (exact) mass is 477 g/mol. The zero-order valence-electron chi connectivity index (χ0n) is 19.8. The maximum Gasteiger partial charge on any atom is 0.268 e. The topological polar surface area (TPSA) is 111 Å². The minimum atomic E-state index is -3.34. The van der Waals surface area contributed by atoms with Crippen LogP contribution in [0.15, 0.2) is 58.0 Å². The molecule has 0 atom stereocenters. The minimum Gasteiger partial charge on any atom is -0.415 e. The Labute approximate surface area is 199 Å². The van der Waals surface area contributed by atoms with Gasteiger partial charge in [-0.1, -0.05) is 24.3 Å². The number of nitrogens with one attached hydrogen (secondary N) is 1. The molecule has 0 aliphatic heterocycles. The third-order valence-electron chi connectivity index (χ3n) is 5.58. The molecule has 176 valence electrons. The molecule has 9 heteroatoms. The van der Waals surface area contributed by atoms with E-state index in [2.05, 4.69) is 26.6 Å². The first kappa shape index (κ1) is 23.7. The van der Waals surface area contributed by atoms with Gasteiger partial charge in [-0.3, -0.25) is 4.98 Å². The molecule has 0 fully saturated rings. The van der Waals surface area contributed by atoms with E-state index < -0.39 is 15.1 Å². The van der Waals surface area contributed by atoms with Crippen LogP contribution in [0.25, 0.3) is 34.3 Å². The van der Waals surface area contributed by atoms with Crippen LogP contribution < -0.4 is 5.32 Å². The highest BCUT2D eigenvalue weighted by molar-refractivity contribution is 7.92. The van der Waals surface area contributed by atoms with Crippen molar-refractivity contribution >= 4 is 9.84 Å². The van der Waals surface area contributed by atoms with Crippen LogP contribution in [0.5, 0.6) is 0 Å². The average Bonchev–Trinajstić information content (AvgIpc) is 3.29. The third-order valence-corrected chi connectivity index (χ3v) is 7.75. The second kappa shape index (κ2) is 9.44. The summed E-state index contributed by atoms with van der Waals surface area (Å²) in [6.07, 6.45) is 1.65.